The van der Waals surface area contributed by atoms with Crippen molar-refractivity contribution in [1.29, 1.82) is 0 Å². The van der Waals surface area contributed by atoms with Crippen LogP contribution >= 0.6 is 0 Å². The maximum Gasteiger partial charge on any atom is 0.407 e. The fourth-order valence-electron chi connectivity index (χ4n) is 2.95. The number of hydrogen-bond acceptors (Lipinski definition) is 5. The fraction of sp³-hybridized carbons (Fsp3) is 0.471. The van der Waals surface area contributed by atoms with Gasteiger partial charge in [0.2, 0.25) is 0 Å². The van der Waals surface area contributed by atoms with Gasteiger partial charge >= 0.3 is 6.09 Å². The molecular formula is C17H23N5O2. The fourth-order valence-corrected chi connectivity index (χ4v) is 2.95. The first-order valence-electron chi connectivity index (χ1n) is 8.29. The van der Waals surface area contributed by atoms with E-state index in [1.807, 2.05) is 32.0 Å². The molecule has 7 nitrogen and oxygen atoms in total. The van der Waals surface area contributed by atoms with Crippen molar-refractivity contribution < 1.29 is 9.53 Å². The SMILES string of the molecule is CC(C)NC(=O)O[C@@H]1CC[C@H](c2cc(Nc3cccnc3)n[nH]2)C1. The molecule has 1 saturated carbocycles. The van der Waals surface area contributed by atoms with E-state index in [4.69, 9.17) is 4.74 Å². The van der Waals surface area contributed by atoms with Crippen LogP contribution in [0.1, 0.15) is 44.7 Å². The zero-order valence-electron chi connectivity index (χ0n) is 14.0. The minimum atomic E-state index is -0.334. The van der Waals surface area contributed by atoms with E-state index in [0.717, 1.165) is 36.5 Å². The number of nitrogens with one attached hydrogen (secondary N) is 3. The smallest absolute Gasteiger partial charge is 0.407 e. The third kappa shape index (κ3) is 4.24. The molecule has 1 fully saturated rings. The summed E-state index contributed by atoms with van der Waals surface area (Å²) in [5, 5.41) is 13.4. The summed E-state index contributed by atoms with van der Waals surface area (Å²) < 4.78 is 5.47. The van der Waals surface area contributed by atoms with Crippen molar-refractivity contribution in [2.45, 2.75) is 51.2 Å². The third-order valence-corrected chi connectivity index (χ3v) is 4.04. The van der Waals surface area contributed by atoms with Crippen molar-refractivity contribution in [2.75, 3.05) is 5.32 Å². The largest absolute Gasteiger partial charge is 0.446 e. The van der Waals surface area contributed by atoms with Crippen LogP contribution in [0.4, 0.5) is 16.3 Å². The van der Waals surface area contributed by atoms with Gasteiger partial charge in [-0.05, 0) is 45.2 Å². The minimum Gasteiger partial charge on any atom is -0.446 e. The number of hydrogen-bond donors (Lipinski definition) is 3. The summed E-state index contributed by atoms with van der Waals surface area (Å²) in [5.74, 6) is 1.10. The highest BCUT2D eigenvalue weighted by Gasteiger charge is 2.30. The topological polar surface area (TPSA) is 91.9 Å². The molecule has 0 aromatic carbocycles. The van der Waals surface area contributed by atoms with E-state index < -0.39 is 0 Å². The molecule has 7 heteroatoms. The molecule has 0 radical (unpaired) electrons. The lowest BCUT2D eigenvalue weighted by atomic mass is 10.0. The van der Waals surface area contributed by atoms with E-state index in [1.165, 1.54) is 0 Å². The van der Waals surface area contributed by atoms with Crippen LogP contribution in [-0.4, -0.2) is 33.4 Å². The molecule has 1 aliphatic carbocycles. The number of nitrogens with zero attached hydrogens (tertiary/aromatic N) is 2. The van der Waals surface area contributed by atoms with Crippen LogP contribution in [0, 0.1) is 0 Å². The number of amides is 1. The van der Waals surface area contributed by atoms with E-state index in [9.17, 15) is 4.79 Å². The highest BCUT2D eigenvalue weighted by Crippen LogP contribution is 2.36. The zero-order valence-corrected chi connectivity index (χ0v) is 14.0. The van der Waals surface area contributed by atoms with Crippen molar-refractivity contribution in [3.05, 3.63) is 36.3 Å². The summed E-state index contributed by atoms with van der Waals surface area (Å²) in [7, 11) is 0. The number of alkyl carbamates (subject to hydrolysis) is 1. The van der Waals surface area contributed by atoms with E-state index in [0.29, 0.717) is 5.92 Å². The Labute approximate surface area is 141 Å². The zero-order chi connectivity index (χ0) is 16.9. The summed E-state index contributed by atoms with van der Waals surface area (Å²) >= 11 is 0. The molecule has 2 heterocycles. The summed E-state index contributed by atoms with van der Waals surface area (Å²) in [4.78, 5) is 15.8. The quantitative estimate of drug-likeness (QED) is 0.782. The van der Waals surface area contributed by atoms with Gasteiger partial charge in [0, 0.05) is 29.9 Å². The van der Waals surface area contributed by atoms with Crippen LogP contribution in [0.25, 0.3) is 0 Å². The normalized spacial score (nSPS) is 20.1. The van der Waals surface area contributed by atoms with Gasteiger partial charge in [0.1, 0.15) is 6.10 Å². The molecule has 1 aliphatic rings. The van der Waals surface area contributed by atoms with E-state index in [2.05, 4.69) is 25.8 Å². The highest BCUT2D eigenvalue weighted by atomic mass is 16.6. The van der Waals surface area contributed by atoms with E-state index in [-0.39, 0.29) is 18.2 Å². The van der Waals surface area contributed by atoms with Crippen molar-refractivity contribution in [2.24, 2.45) is 0 Å². The van der Waals surface area contributed by atoms with Gasteiger partial charge in [-0.1, -0.05) is 0 Å². The Balaban J connectivity index is 1.54. The molecule has 128 valence electrons. The van der Waals surface area contributed by atoms with Crippen LogP contribution < -0.4 is 10.6 Å². The number of H-pyrrole nitrogens is 1. The molecule has 1 amide bonds. The third-order valence-electron chi connectivity index (χ3n) is 4.04. The number of carbonyl (C=O) groups excluding carboxylic acids is 1. The summed E-state index contributed by atoms with van der Waals surface area (Å²) in [5.41, 5.74) is 1.96. The lowest BCUT2D eigenvalue weighted by Crippen LogP contribution is -2.33. The maximum atomic E-state index is 11.7. The predicted octanol–water partition coefficient (Wildman–Crippen LogP) is 3.32. The lowest BCUT2D eigenvalue weighted by Gasteiger charge is -2.14. The van der Waals surface area contributed by atoms with Gasteiger partial charge in [0.05, 0.1) is 11.9 Å². The molecule has 3 rings (SSSR count). The Hall–Kier alpha value is -2.57. The second-order valence-corrected chi connectivity index (χ2v) is 6.41. The molecular weight excluding hydrogens is 306 g/mol. The molecule has 0 spiro atoms. The van der Waals surface area contributed by atoms with E-state index in [1.54, 1.807) is 12.4 Å². The first-order valence-corrected chi connectivity index (χ1v) is 8.29. The number of carbonyl (C=O) groups is 1. The number of pyridine rings is 1. The van der Waals surface area contributed by atoms with Gasteiger partial charge in [-0.25, -0.2) is 4.79 Å². The molecule has 0 aliphatic heterocycles. The van der Waals surface area contributed by atoms with Crippen LogP contribution in [0.15, 0.2) is 30.6 Å². The predicted molar refractivity (Wildman–Crippen MR) is 91.2 cm³/mol. The highest BCUT2D eigenvalue weighted by molar-refractivity contribution is 5.67. The number of rotatable bonds is 5. The number of aromatic nitrogens is 3. The first-order chi connectivity index (χ1) is 11.6. The Bertz CT molecular complexity index is 671. The van der Waals surface area contributed by atoms with Crippen molar-refractivity contribution in [1.82, 2.24) is 20.5 Å². The van der Waals surface area contributed by atoms with Crippen LogP contribution in [-0.2, 0) is 4.74 Å². The molecule has 2 aromatic heterocycles. The Morgan fingerprint density at radius 1 is 1.42 bits per heavy atom. The van der Waals surface area contributed by atoms with Crippen molar-refractivity contribution in [3.8, 4) is 0 Å². The lowest BCUT2D eigenvalue weighted by molar-refractivity contribution is 0.0981. The average molecular weight is 329 g/mol. The molecule has 3 N–H and O–H groups in total. The Morgan fingerprint density at radius 3 is 3.04 bits per heavy atom. The maximum absolute atomic E-state index is 11.7. The van der Waals surface area contributed by atoms with Gasteiger partial charge in [0.15, 0.2) is 5.82 Å². The molecule has 24 heavy (non-hydrogen) atoms. The first kappa shape index (κ1) is 16.3. The Kier molecular flexibility index (Phi) is 4.98. The molecule has 2 aromatic rings. The van der Waals surface area contributed by atoms with Gasteiger partial charge < -0.3 is 15.4 Å². The van der Waals surface area contributed by atoms with E-state index >= 15 is 0 Å². The molecule has 0 bridgehead atoms. The van der Waals surface area contributed by atoms with Crippen molar-refractivity contribution in [3.63, 3.8) is 0 Å². The second kappa shape index (κ2) is 7.33. The number of anilines is 2. The number of ether oxygens (including phenoxy) is 1. The molecule has 0 unspecified atom stereocenters. The molecule has 0 saturated heterocycles. The number of aromatic amines is 1. The minimum absolute atomic E-state index is 0.0354. The second-order valence-electron chi connectivity index (χ2n) is 6.41. The van der Waals surface area contributed by atoms with Gasteiger partial charge in [-0.2, -0.15) is 5.10 Å². The Morgan fingerprint density at radius 2 is 2.29 bits per heavy atom. The van der Waals surface area contributed by atoms with Crippen LogP contribution in [0.3, 0.4) is 0 Å². The monoisotopic (exact) mass is 329 g/mol. The van der Waals surface area contributed by atoms with Crippen molar-refractivity contribution >= 4 is 17.6 Å². The van der Waals surface area contributed by atoms with Gasteiger partial charge in [-0.3, -0.25) is 10.1 Å². The van der Waals surface area contributed by atoms with Gasteiger partial charge in [-0.15, -0.1) is 0 Å². The summed E-state index contributed by atoms with van der Waals surface area (Å²) in [6.45, 7) is 3.83. The summed E-state index contributed by atoms with van der Waals surface area (Å²) in [6, 6.07) is 5.91. The average Bonchev–Trinajstić information content (AvgIpc) is 3.17. The standard InChI is InChI=1S/C17H23N5O2/c1-11(2)19-17(23)24-14-6-5-12(8-14)15-9-16(22-21-15)20-13-4-3-7-18-10-13/h3-4,7,9-12,14H,5-6,8H2,1-2H3,(H,19,23)(H2,20,21,22)/t12-,14+/m0/s1. The summed E-state index contributed by atoms with van der Waals surface area (Å²) in [6.07, 6.45) is 5.79. The van der Waals surface area contributed by atoms with Crippen LogP contribution in [0.5, 0.6) is 0 Å². The molecule has 2 atom stereocenters. The van der Waals surface area contributed by atoms with Gasteiger partial charge in [0.25, 0.3) is 0 Å². The van der Waals surface area contributed by atoms with Crippen LogP contribution in [0.2, 0.25) is 0 Å².